The van der Waals surface area contributed by atoms with Gasteiger partial charge in [-0.2, -0.15) is 0 Å². The van der Waals surface area contributed by atoms with Gasteiger partial charge in [-0.3, -0.25) is 0 Å². The van der Waals surface area contributed by atoms with E-state index in [-0.39, 0.29) is 0 Å². The smallest absolute Gasteiger partial charge is 0.0898 e. The molecule has 0 heterocycles. The van der Waals surface area contributed by atoms with E-state index in [9.17, 15) is 5.11 Å². The second-order valence-electron chi connectivity index (χ2n) is 6.75. The van der Waals surface area contributed by atoms with Gasteiger partial charge in [-0.1, -0.05) is 107 Å². The quantitative estimate of drug-likeness (QED) is 0.335. The summed E-state index contributed by atoms with van der Waals surface area (Å²) in [5, 5.41) is 11.4. The average molecular weight is 429 g/mol. The van der Waals surface area contributed by atoms with Crippen molar-refractivity contribution in [1.29, 1.82) is 0 Å². The lowest BCUT2D eigenvalue weighted by Crippen LogP contribution is -2.04. The molecule has 0 amide bonds. The molecule has 138 valence electrons. The van der Waals surface area contributed by atoms with Crippen LogP contribution in [0.15, 0.2) is 103 Å². The summed E-state index contributed by atoms with van der Waals surface area (Å²) in [5.74, 6) is 0. The van der Waals surface area contributed by atoms with Crippen molar-refractivity contribution in [1.82, 2.24) is 0 Å². The molecule has 0 aliphatic carbocycles. The van der Waals surface area contributed by atoms with Crippen LogP contribution in [-0.4, -0.2) is 10.4 Å². The van der Waals surface area contributed by atoms with Gasteiger partial charge in [0.1, 0.15) is 0 Å². The Morgan fingerprint density at radius 1 is 0.571 bits per heavy atom. The Balaban J connectivity index is 2.05. The Morgan fingerprint density at radius 2 is 0.964 bits per heavy atom. The van der Waals surface area contributed by atoms with Crippen molar-refractivity contribution in [3.63, 3.8) is 0 Å². The van der Waals surface area contributed by atoms with Crippen molar-refractivity contribution in [2.75, 3.05) is 5.33 Å². The fraction of sp³-hybridized carbons (Fsp3) is 0.0769. The van der Waals surface area contributed by atoms with Gasteiger partial charge in [0.05, 0.1) is 6.10 Å². The molecule has 1 atom stereocenters. The minimum atomic E-state index is -0.602. The van der Waals surface area contributed by atoms with Gasteiger partial charge in [0.15, 0.2) is 0 Å². The summed E-state index contributed by atoms with van der Waals surface area (Å²) in [7, 11) is 0. The third-order valence-electron chi connectivity index (χ3n) is 4.94. The zero-order chi connectivity index (χ0) is 19.3. The highest BCUT2D eigenvalue weighted by atomic mass is 79.9. The van der Waals surface area contributed by atoms with Gasteiger partial charge >= 0.3 is 0 Å². The van der Waals surface area contributed by atoms with Gasteiger partial charge in [-0.05, 0) is 51.1 Å². The highest BCUT2D eigenvalue weighted by Crippen LogP contribution is 2.40. The van der Waals surface area contributed by atoms with Gasteiger partial charge in [-0.15, -0.1) is 0 Å². The maximum Gasteiger partial charge on any atom is 0.0898 e. The van der Waals surface area contributed by atoms with Crippen molar-refractivity contribution in [2.45, 2.75) is 6.10 Å². The molecule has 1 nitrogen and oxygen atoms in total. The summed E-state index contributed by atoms with van der Waals surface area (Å²) in [4.78, 5) is 0. The van der Waals surface area contributed by atoms with Crippen LogP contribution in [0.3, 0.4) is 0 Å². The van der Waals surface area contributed by atoms with E-state index in [2.05, 4.69) is 76.6 Å². The molecule has 4 rings (SSSR count). The monoisotopic (exact) mass is 428 g/mol. The Bertz CT molecular complexity index is 983. The van der Waals surface area contributed by atoms with Crippen molar-refractivity contribution >= 4 is 15.9 Å². The van der Waals surface area contributed by atoms with Crippen LogP contribution in [-0.2, 0) is 0 Å². The minimum absolute atomic E-state index is 0.483. The molecular weight excluding hydrogens is 408 g/mol. The third kappa shape index (κ3) is 3.80. The molecule has 0 aromatic heterocycles. The molecule has 0 aliphatic heterocycles. The standard InChI is InChI=1S/C26H21BrO/c27-18-25(28)26-23(20-12-6-2-7-13-20)16-22(19-10-4-1-5-11-19)17-24(26)21-14-8-3-9-15-21/h1-17,25,28H,18H2. The Labute approximate surface area is 174 Å². The van der Waals surface area contributed by atoms with E-state index in [0.717, 1.165) is 38.9 Å². The fourth-order valence-electron chi connectivity index (χ4n) is 3.60. The number of alkyl halides is 1. The minimum Gasteiger partial charge on any atom is -0.387 e. The first-order chi connectivity index (χ1) is 13.8. The molecule has 2 heteroatoms. The van der Waals surface area contributed by atoms with Crippen LogP contribution >= 0.6 is 15.9 Å². The lowest BCUT2D eigenvalue weighted by Gasteiger charge is -2.21. The molecule has 1 N–H and O–H groups in total. The molecule has 28 heavy (non-hydrogen) atoms. The molecule has 0 spiro atoms. The molecule has 1 unspecified atom stereocenters. The number of rotatable bonds is 5. The lowest BCUT2D eigenvalue weighted by atomic mass is 9.86. The number of aliphatic hydroxyl groups excluding tert-OH is 1. The highest BCUT2D eigenvalue weighted by molar-refractivity contribution is 9.09. The van der Waals surface area contributed by atoms with E-state index in [4.69, 9.17) is 0 Å². The first kappa shape index (κ1) is 18.7. The zero-order valence-electron chi connectivity index (χ0n) is 15.4. The number of hydrogen-bond donors (Lipinski definition) is 1. The summed E-state index contributed by atoms with van der Waals surface area (Å²) in [6.45, 7) is 0. The summed E-state index contributed by atoms with van der Waals surface area (Å²) < 4.78 is 0. The predicted molar refractivity (Wildman–Crippen MR) is 122 cm³/mol. The van der Waals surface area contributed by atoms with Gasteiger partial charge in [-0.25, -0.2) is 0 Å². The van der Waals surface area contributed by atoms with Crippen LogP contribution in [0.25, 0.3) is 33.4 Å². The number of benzene rings is 4. The largest absolute Gasteiger partial charge is 0.387 e. The molecule has 0 bridgehead atoms. The topological polar surface area (TPSA) is 20.2 Å². The van der Waals surface area contributed by atoms with Crippen LogP contribution < -0.4 is 0 Å². The summed E-state index contributed by atoms with van der Waals surface area (Å²) >= 11 is 3.48. The van der Waals surface area contributed by atoms with Crippen molar-refractivity contribution in [2.24, 2.45) is 0 Å². The lowest BCUT2D eigenvalue weighted by molar-refractivity contribution is 0.206. The Morgan fingerprint density at radius 3 is 1.36 bits per heavy atom. The van der Waals surface area contributed by atoms with Crippen LogP contribution in [0, 0.1) is 0 Å². The average Bonchev–Trinajstić information content (AvgIpc) is 2.79. The number of hydrogen-bond acceptors (Lipinski definition) is 1. The van der Waals surface area contributed by atoms with Crippen LogP contribution in [0.5, 0.6) is 0 Å². The van der Waals surface area contributed by atoms with Crippen LogP contribution in [0.4, 0.5) is 0 Å². The SMILES string of the molecule is OC(CBr)c1c(-c2ccccc2)cc(-c2ccccc2)cc1-c1ccccc1. The van der Waals surface area contributed by atoms with Gasteiger partial charge in [0, 0.05) is 5.33 Å². The first-order valence-corrected chi connectivity index (χ1v) is 10.5. The molecular formula is C26H21BrO. The van der Waals surface area contributed by atoms with Crippen molar-refractivity contribution < 1.29 is 5.11 Å². The van der Waals surface area contributed by atoms with E-state index in [0.29, 0.717) is 5.33 Å². The zero-order valence-corrected chi connectivity index (χ0v) is 17.0. The van der Waals surface area contributed by atoms with Gasteiger partial charge < -0.3 is 5.11 Å². The number of halogens is 1. The molecule has 0 saturated heterocycles. The van der Waals surface area contributed by atoms with E-state index < -0.39 is 6.10 Å². The van der Waals surface area contributed by atoms with Gasteiger partial charge in [0.2, 0.25) is 0 Å². The molecule has 4 aromatic carbocycles. The second-order valence-corrected chi connectivity index (χ2v) is 7.40. The molecule has 0 radical (unpaired) electrons. The normalized spacial score (nSPS) is 11.9. The second kappa shape index (κ2) is 8.55. The fourth-order valence-corrected chi connectivity index (χ4v) is 3.92. The van der Waals surface area contributed by atoms with E-state index in [1.54, 1.807) is 0 Å². The van der Waals surface area contributed by atoms with E-state index in [1.165, 1.54) is 0 Å². The summed E-state index contributed by atoms with van der Waals surface area (Å²) in [6.07, 6.45) is -0.602. The molecule has 0 fully saturated rings. The predicted octanol–water partition coefficient (Wildman–Crippen LogP) is 7.12. The molecule has 0 saturated carbocycles. The van der Waals surface area contributed by atoms with Crippen LogP contribution in [0.1, 0.15) is 11.7 Å². The number of aliphatic hydroxyl groups is 1. The van der Waals surface area contributed by atoms with Crippen molar-refractivity contribution in [3.8, 4) is 33.4 Å². The maximum atomic E-state index is 10.9. The maximum absolute atomic E-state index is 10.9. The Kier molecular flexibility index (Phi) is 5.70. The summed E-state index contributed by atoms with van der Waals surface area (Å²) in [6, 6.07) is 35.4. The summed E-state index contributed by atoms with van der Waals surface area (Å²) in [5.41, 5.74) is 7.59. The van der Waals surface area contributed by atoms with E-state index in [1.807, 2.05) is 42.5 Å². The third-order valence-corrected chi connectivity index (χ3v) is 5.55. The highest BCUT2D eigenvalue weighted by Gasteiger charge is 2.20. The van der Waals surface area contributed by atoms with E-state index >= 15 is 0 Å². The molecule has 4 aromatic rings. The first-order valence-electron chi connectivity index (χ1n) is 9.36. The van der Waals surface area contributed by atoms with Crippen molar-refractivity contribution in [3.05, 3.63) is 109 Å². The Hall–Kier alpha value is -2.68. The van der Waals surface area contributed by atoms with Crippen LogP contribution in [0.2, 0.25) is 0 Å². The van der Waals surface area contributed by atoms with Gasteiger partial charge in [0.25, 0.3) is 0 Å². The molecule has 0 aliphatic rings.